The van der Waals surface area contributed by atoms with Gasteiger partial charge in [-0.3, -0.25) is 4.79 Å². The number of nitrogens with zero attached hydrogens (tertiary/aromatic N) is 1. The lowest BCUT2D eigenvalue weighted by Crippen LogP contribution is -2.16. The second kappa shape index (κ2) is 10.9. The van der Waals surface area contributed by atoms with Crippen LogP contribution in [0.4, 0.5) is 4.39 Å². The molecule has 4 rings (SSSR count). The molecule has 34 heavy (non-hydrogen) atoms. The number of ether oxygens (including phenoxy) is 2. The normalized spacial score (nSPS) is 11.2. The summed E-state index contributed by atoms with van der Waals surface area (Å²) in [4.78, 5) is 12.5. The number of fused-ring (bicyclic) bond motifs is 1. The number of halogens is 4. The molecule has 6 nitrogen and oxygen atoms in total. The Morgan fingerprint density at radius 2 is 2.03 bits per heavy atom. The Morgan fingerprint density at radius 3 is 2.79 bits per heavy atom. The predicted molar refractivity (Wildman–Crippen MR) is 143 cm³/mol. The minimum atomic E-state index is -0.472. The molecule has 0 spiro atoms. The summed E-state index contributed by atoms with van der Waals surface area (Å²) in [7, 11) is 1.51. The number of nitrogens with one attached hydrogen (secondary N) is 1. The summed E-state index contributed by atoms with van der Waals surface area (Å²) in [6, 6.07) is 15.1. The van der Waals surface area contributed by atoms with Gasteiger partial charge in [0.2, 0.25) is 0 Å². The number of hydrazone groups is 1. The van der Waals surface area contributed by atoms with Crippen molar-refractivity contribution < 1.29 is 23.1 Å². The van der Waals surface area contributed by atoms with Crippen LogP contribution in [0, 0.1) is 9.39 Å². The van der Waals surface area contributed by atoms with Crippen molar-refractivity contribution in [1.82, 2.24) is 5.43 Å². The van der Waals surface area contributed by atoms with Crippen LogP contribution in [0.2, 0.25) is 0 Å². The SMILES string of the molecule is COc1cc(/C=N\NC(=O)c2cc3cc(Br)cc(I)c3o2)cc(Br)c1OCc1cccc(F)c1. The lowest BCUT2D eigenvalue weighted by atomic mass is 10.2. The van der Waals surface area contributed by atoms with E-state index in [1.807, 2.05) is 12.1 Å². The Morgan fingerprint density at radius 1 is 1.21 bits per heavy atom. The number of furan rings is 1. The zero-order valence-electron chi connectivity index (χ0n) is 17.6. The van der Waals surface area contributed by atoms with Crippen molar-refractivity contribution >= 4 is 77.5 Å². The Hall–Kier alpha value is -2.44. The summed E-state index contributed by atoms with van der Waals surface area (Å²) in [5.41, 5.74) is 4.45. The van der Waals surface area contributed by atoms with Crippen molar-refractivity contribution in [1.29, 1.82) is 0 Å². The highest BCUT2D eigenvalue weighted by Crippen LogP contribution is 2.37. The highest BCUT2D eigenvalue weighted by molar-refractivity contribution is 14.1. The zero-order valence-corrected chi connectivity index (χ0v) is 22.9. The number of carbonyl (C=O) groups excluding carboxylic acids is 1. The number of benzene rings is 3. The van der Waals surface area contributed by atoms with Crippen molar-refractivity contribution in [3.8, 4) is 11.5 Å². The van der Waals surface area contributed by atoms with Gasteiger partial charge in [-0.2, -0.15) is 5.10 Å². The maximum atomic E-state index is 13.4. The highest BCUT2D eigenvalue weighted by atomic mass is 127. The Labute approximate surface area is 224 Å². The molecule has 10 heteroatoms. The summed E-state index contributed by atoms with van der Waals surface area (Å²) in [6.45, 7) is 0.170. The van der Waals surface area contributed by atoms with Crippen molar-refractivity contribution in [2.45, 2.75) is 6.61 Å². The molecule has 1 N–H and O–H groups in total. The van der Waals surface area contributed by atoms with Gasteiger partial charge >= 0.3 is 5.91 Å². The average molecular weight is 702 g/mol. The van der Waals surface area contributed by atoms with Gasteiger partial charge < -0.3 is 13.9 Å². The number of hydrogen-bond donors (Lipinski definition) is 1. The number of methoxy groups -OCH3 is 1. The monoisotopic (exact) mass is 700 g/mol. The molecular formula is C24H16Br2FIN2O4. The van der Waals surface area contributed by atoms with E-state index in [4.69, 9.17) is 13.9 Å². The van der Waals surface area contributed by atoms with Crippen LogP contribution >= 0.6 is 54.5 Å². The molecule has 0 atom stereocenters. The van der Waals surface area contributed by atoms with E-state index in [2.05, 4.69) is 65.0 Å². The van der Waals surface area contributed by atoms with Crippen LogP contribution in [-0.2, 0) is 6.61 Å². The van der Waals surface area contributed by atoms with E-state index < -0.39 is 5.91 Å². The third-order valence-electron chi connectivity index (χ3n) is 4.66. The standard InChI is InChI=1S/C24H16Br2FIN2O4/c1-32-20-7-14(6-18(26)23(20)33-12-13-3-2-4-17(27)5-13)11-29-30-24(31)21-9-15-8-16(25)10-19(28)22(15)34-21/h2-11H,12H2,1H3,(H,30,31)/b29-11-. The number of amides is 1. The summed E-state index contributed by atoms with van der Waals surface area (Å²) < 4.78 is 32.8. The van der Waals surface area contributed by atoms with Gasteiger partial charge in [-0.05, 0) is 92.1 Å². The molecule has 0 aliphatic carbocycles. The Kier molecular flexibility index (Phi) is 7.89. The van der Waals surface area contributed by atoms with Crippen molar-refractivity contribution in [2.75, 3.05) is 7.11 Å². The first kappa shape index (κ1) is 24.7. The molecular weight excluding hydrogens is 686 g/mol. The van der Waals surface area contributed by atoms with Crippen LogP contribution in [0.3, 0.4) is 0 Å². The van der Waals surface area contributed by atoms with Crippen molar-refractivity contribution in [3.05, 3.63) is 89.8 Å². The molecule has 174 valence electrons. The first-order valence-corrected chi connectivity index (χ1v) is 12.5. The van der Waals surface area contributed by atoms with Gasteiger partial charge in [0, 0.05) is 9.86 Å². The molecule has 0 saturated carbocycles. The maximum absolute atomic E-state index is 13.4. The van der Waals surface area contributed by atoms with E-state index in [1.54, 1.807) is 30.3 Å². The molecule has 0 aliphatic rings. The largest absolute Gasteiger partial charge is 0.493 e. The fraction of sp³-hybridized carbons (Fsp3) is 0.0833. The topological polar surface area (TPSA) is 73.1 Å². The summed E-state index contributed by atoms with van der Waals surface area (Å²) in [5.74, 6) is 0.279. The molecule has 0 unspecified atom stereocenters. The van der Waals surface area contributed by atoms with E-state index in [-0.39, 0.29) is 18.2 Å². The molecule has 0 fully saturated rings. The van der Waals surface area contributed by atoms with E-state index in [0.717, 1.165) is 13.4 Å². The van der Waals surface area contributed by atoms with E-state index in [9.17, 15) is 9.18 Å². The van der Waals surface area contributed by atoms with Gasteiger partial charge in [0.05, 0.1) is 21.4 Å². The van der Waals surface area contributed by atoms with E-state index in [0.29, 0.717) is 32.7 Å². The molecule has 3 aromatic carbocycles. The molecule has 0 bridgehead atoms. The number of hydrogen-bond acceptors (Lipinski definition) is 5. The molecule has 0 aliphatic heterocycles. The first-order valence-electron chi connectivity index (χ1n) is 9.81. The van der Waals surface area contributed by atoms with Crippen LogP contribution in [0.5, 0.6) is 11.5 Å². The summed E-state index contributed by atoms with van der Waals surface area (Å²) in [6.07, 6.45) is 1.48. The van der Waals surface area contributed by atoms with Gasteiger partial charge in [-0.15, -0.1) is 0 Å². The molecule has 1 amide bonds. The van der Waals surface area contributed by atoms with E-state index in [1.165, 1.54) is 25.5 Å². The van der Waals surface area contributed by atoms with Gasteiger partial charge in [0.25, 0.3) is 0 Å². The fourth-order valence-corrected chi connectivity index (χ4v) is 5.38. The maximum Gasteiger partial charge on any atom is 0.307 e. The fourth-order valence-electron chi connectivity index (χ4n) is 3.14. The number of rotatable bonds is 7. The third-order valence-corrected chi connectivity index (χ3v) is 6.51. The Balaban J connectivity index is 1.46. The molecule has 1 heterocycles. The second-order valence-electron chi connectivity index (χ2n) is 7.07. The molecule has 4 aromatic rings. The minimum Gasteiger partial charge on any atom is -0.493 e. The predicted octanol–water partition coefficient (Wildman–Crippen LogP) is 7.05. The molecule has 1 aromatic heterocycles. The summed E-state index contributed by atoms with van der Waals surface area (Å²) in [5, 5.41) is 4.84. The summed E-state index contributed by atoms with van der Waals surface area (Å²) >= 11 is 9.06. The van der Waals surface area contributed by atoms with Gasteiger partial charge in [0.1, 0.15) is 18.0 Å². The lowest BCUT2D eigenvalue weighted by molar-refractivity contribution is 0.0929. The quantitative estimate of drug-likeness (QED) is 0.127. The lowest BCUT2D eigenvalue weighted by Gasteiger charge is -2.13. The molecule has 0 radical (unpaired) electrons. The first-order chi connectivity index (χ1) is 16.3. The average Bonchev–Trinajstić information content (AvgIpc) is 3.22. The van der Waals surface area contributed by atoms with Crippen molar-refractivity contribution in [3.63, 3.8) is 0 Å². The van der Waals surface area contributed by atoms with Gasteiger partial charge in [0.15, 0.2) is 17.3 Å². The highest BCUT2D eigenvalue weighted by Gasteiger charge is 2.15. The van der Waals surface area contributed by atoms with Crippen LogP contribution in [-0.4, -0.2) is 19.2 Å². The third kappa shape index (κ3) is 5.78. The molecule has 0 saturated heterocycles. The van der Waals surface area contributed by atoms with Gasteiger partial charge in [-0.25, -0.2) is 9.82 Å². The Bertz CT molecular complexity index is 1410. The number of carbonyl (C=O) groups is 1. The van der Waals surface area contributed by atoms with Crippen LogP contribution in [0.25, 0.3) is 11.0 Å². The van der Waals surface area contributed by atoms with Gasteiger partial charge in [-0.1, -0.05) is 28.1 Å². The smallest absolute Gasteiger partial charge is 0.307 e. The second-order valence-corrected chi connectivity index (χ2v) is 10.0. The van der Waals surface area contributed by atoms with Crippen LogP contribution in [0.1, 0.15) is 21.7 Å². The van der Waals surface area contributed by atoms with Crippen molar-refractivity contribution in [2.24, 2.45) is 5.10 Å². The van der Waals surface area contributed by atoms with E-state index >= 15 is 0 Å². The minimum absolute atomic E-state index is 0.156. The van der Waals surface area contributed by atoms with Crippen LogP contribution in [0.15, 0.2) is 73.1 Å². The van der Waals surface area contributed by atoms with Crippen LogP contribution < -0.4 is 14.9 Å². The zero-order chi connectivity index (χ0) is 24.2.